The Balaban J connectivity index is 2.36. The van der Waals surface area contributed by atoms with Crippen molar-refractivity contribution < 1.29 is 14.2 Å². The first-order valence-corrected chi connectivity index (χ1v) is 9.51. The van der Waals surface area contributed by atoms with E-state index in [0.717, 1.165) is 12.8 Å². The first kappa shape index (κ1) is 23.0. The Kier molecular flexibility index (Phi) is 12.2. The van der Waals surface area contributed by atoms with Gasteiger partial charge in [-0.15, -0.1) is 0 Å². The predicted octanol–water partition coefficient (Wildman–Crippen LogP) is 7.19. The van der Waals surface area contributed by atoms with Crippen molar-refractivity contribution >= 4 is 69.6 Å². The van der Waals surface area contributed by atoms with Crippen LogP contribution in [-0.4, -0.2) is 26.4 Å². The van der Waals surface area contributed by atoms with Gasteiger partial charge in [-0.3, -0.25) is 0 Å². The van der Waals surface area contributed by atoms with Gasteiger partial charge in [0.15, 0.2) is 5.75 Å². The van der Waals surface area contributed by atoms with Crippen molar-refractivity contribution in [1.82, 2.24) is 0 Å². The summed E-state index contributed by atoms with van der Waals surface area (Å²) in [5.41, 5.74) is 0. The number of benzene rings is 1. The average Bonchev–Trinajstić information content (AvgIpc) is 2.51. The molecule has 0 saturated carbocycles. The van der Waals surface area contributed by atoms with Gasteiger partial charge < -0.3 is 14.2 Å². The molecule has 0 unspecified atom stereocenters. The summed E-state index contributed by atoms with van der Waals surface area (Å²) in [7, 11) is 0. The van der Waals surface area contributed by atoms with Gasteiger partial charge in [0.25, 0.3) is 0 Å². The maximum Gasteiger partial charge on any atom is 0.156 e. The molecule has 0 heterocycles. The van der Waals surface area contributed by atoms with Crippen LogP contribution in [0, 0.1) is 0 Å². The lowest BCUT2D eigenvalue weighted by Gasteiger charge is -2.12. The molecule has 1 aromatic carbocycles. The highest BCUT2D eigenvalue weighted by Crippen LogP contribution is 2.37. The van der Waals surface area contributed by atoms with Crippen LogP contribution in [0.5, 0.6) is 11.5 Å². The highest BCUT2D eigenvalue weighted by molar-refractivity contribution is 6.56. The molecule has 3 nitrogen and oxygen atoms in total. The van der Waals surface area contributed by atoms with Crippen LogP contribution in [0.25, 0.3) is 0 Å². The maximum absolute atomic E-state index is 6.17. The van der Waals surface area contributed by atoms with E-state index in [1.807, 2.05) is 0 Å². The molecule has 0 aromatic heterocycles. The lowest BCUT2D eigenvalue weighted by molar-refractivity contribution is 0.152. The molecular formula is C16H16Cl6O3. The molecule has 0 amide bonds. The van der Waals surface area contributed by atoms with E-state index in [-0.39, 0.29) is 15.6 Å². The molecule has 25 heavy (non-hydrogen) atoms. The van der Waals surface area contributed by atoms with E-state index in [2.05, 4.69) is 0 Å². The first-order chi connectivity index (χ1) is 11.9. The third-order valence-corrected chi connectivity index (χ3v) is 3.92. The topological polar surface area (TPSA) is 27.7 Å². The second kappa shape index (κ2) is 13.2. The standard InChI is InChI=1S/C16H16Cl6O3/c17-12-9-11(24-8-4-15(21)22)10-13(18)16(12)25-6-2-1-5-23-7-3-14(19)20/h3-4,9-10H,1-2,5-8H2. The van der Waals surface area contributed by atoms with Gasteiger partial charge in [-0.05, 0) is 25.0 Å². The Bertz CT molecular complexity index is 573. The lowest BCUT2D eigenvalue weighted by Crippen LogP contribution is -2.02. The largest absolute Gasteiger partial charge is 0.490 e. The van der Waals surface area contributed by atoms with Gasteiger partial charge >= 0.3 is 0 Å². The monoisotopic (exact) mass is 466 g/mol. The SMILES string of the molecule is ClC(Cl)=CCOCCCCOc1c(Cl)cc(OCC=C(Cl)Cl)cc1Cl. The smallest absolute Gasteiger partial charge is 0.156 e. The van der Waals surface area contributed by atoms with Gasteiger partial charge in [0.1, 0.15) is 21.3 Å². The molecule has 0 atom stereocenters. The number of hydrogen-bond donors (Lipinski definition) is 0. The Morgan fingerprint density at radius 2 is 1.36 bits per heavy atom. The van der Waals surface area contributed by atoms with E-state index in [1.165, 1.54) is 6.08 Å². The zero-order valence-corrected chi connectivity index (χ0v) is 17.6. The quantitative estimate of drug-likeness (QED) is 0.322. The van der Waals surface area contributed by atoms with Gasteiger partial charge in [0.05, 0.1) is 23.3 Å². The summed E-state index contributed by atoms with van der Waals surface area (Å²) in [6, 6.07) is 3.23. The number of halogens is 6. The van der Waals surface area contributed by atoms with Crippen molar-refractivity contribution in [2.75, 3.05) is 26.4 Å². The number of rotatable bonds is 11. The van der Waals surface area contributed by atoms with Crippen LogP contribution in [-0.2, 0) is 4.74 Å². The minimum absolute atomic E-state index is 0.128. The van der Waals surface area contributed by atoms with Crippen molar-refractivity contribution in [2.45, 2.75) is 12.8 Å². The van der Waals surface area contributed by atoms with Crippen LogP contribution in [0.15, 0.2) is 33.3 Å². The van der Waals surface area contributed by atoms with Crippen molar-refractivity contribution in [2.24, 2.45) is 0 Å². The van der Waals surface area contributed by atoms with Gasteiger partial charge in [0.2, 0.25) is 0 Å². The molecule has 1 rings (SSSR count). The molecule has 0 fully saturated rings. The predicted molar refractivity (Wildman–Crippen MR) is 107 cm³/mol. The zero-order chi connectivity index (χ0) is 18.7. The molecule has 140 valence electrons. The van der Waals surface area contributed by atoms with Crippen molar-refractivity contribution in [3.05, 3.63) is 43.3 Å². The molecule has 0 aliphatic heterocycles. The van der Waals surface area contributed by atoms with Gasteiger partial charge in [-0.1, -0.05) is 69.6 Å². The summed E-state index contributed by atoms with van der Waals surface area (Å²) in [6.07, 6.45) is 4.69. The summed E-state index contributed by atoms with van der Waals surface area (Å²) >= 11 is 34.3. The van der Waals surface area contributed by atoms with Gasteiger partial charge in [-0.2, -0.15) is 0 Å². The summed E-state index contributed by atoms with van der Waals surface area (Å²) in [5.74, 6) is 0.909. The van der Waals surface area contributed by atoms with Crippen molar-refractivity contribution in [3.8, 4) is 11.5 Å². The number of unbranched alkanes of at least 4 members (excludes halogenated alkanes) is 1. The highest BCUT2D eigenvalue weighted by atomic mass is 35.5. The Hall–Kier alpha value is -0.000000000000000167. The van der Waals surface area contributed by atoms with E-state index in [9.17, 15) is 0 Å². The van der Waals surface area contributed by atoms with Crippen LogP contribution in [0.3, 0.4) is 0 Å². The fourth-order valence-corrected chi connectivity index (χ4v) is 2.47. The Morgan fingerprint density at radius 1 is 0.800 bits per heavy atom. The summed E-state index contributed by atoms with van der Waals surface area (Å²) < 4.78 is 16.7. The van der Waals surface area contributed by atoms with E-state index in [4.69, 9.17) is 83.8 Å². The Labute approximate surface area is 177 Å². The summed E-state index contributed by atoms with van der Waals surface area (Å²) in [5, 5.41) is 0.725. The van der Waals surface area contributed by atoms with Crippen LogP contribution in [0.4, 0.5) is 0 Å². The molecule has 0 saturated heterocycles. The van der Waals surface area contributed by atoms with Gasteiger partial charge in [0, 0.05) is 18.7 Å². The minimum Gasteiger partial charge on any atom is -0.490 e. The van der Waals surface area contributed by atoms with Crippen LogP contribution < -0.4 is 9.47 Å². The van der Waals surface area contributed by atoms with Gasteiger partial charge in [-0.25, -0.2) is 0 Å². The normalized spacial score (nSPS) is 10.3. The molecular weight excluding hydrogens is 453 g/mol. The third kappa shape index (κ3) is 10.7. The number of hydrogen-bond acceptors (Lipinski definition) is 3. The zero-order valence-electron chi connectivity index (χ0n) is 13.0. The second-order valence-electron chi connectivity index (χ2n) is 4.65. The van der Waals surface area contributed by atoms with E-state index < -0.39 is 0 Å². The third-order valence-electron chi connectivity index (χ3n) is 2.74. The van der Waals surface area contributed by atoms with E-state index in [1.54, 1.807) is 18.2 Å². The molecule has 0 spiro atoms. The van der Waals surface area contributed by atoms with Crippen LogP contribution >= 0.6 is 69.6 Å². The van der Waals surface area contributed by atoms with Crippen molar-refractivity contribution in [3.63, 3.8) is 0 Å². The molecule has 0 radical (unpaired) electrons. The molecule has 9 heteroatoms. The average molecular weight is 469 g/mol. The number of ether oxygens (including phenoxy) is 3. The molecule has 0 aliphatic carbocycles. The fraction of sp³-hybridized carbons (Fsp3) is 0.375. The Morgan fingerprint density at radius 3 is 1.96 bits per heavy atom. The van der Waals surface area contributed by atoms with E-state index >= 15 is 0 Å². The molecule has 0 aliphatic rings. The van der Waals surface area contributed by atoms with E-state index in [0.29, 0.717) is 41.4 Å². The maximum atomic E-state index is 6.17. The second-order valence-corrected chi connectivity index (χ2v) is 7.48. The molecule has 0 N–H and O–H groups in total. The summed E-state index contributed by atoms with van der Waals surface area (Å²) in [4.78, 5) is 0. The molecule has 1 aromatic rings. The lowest BCUT2D eigenvalue weighted by atomic mass is 10.3. The first-order valence-electron chi connectivity index (χ1n) is 7.25. The highest BCUT2D eigenvalue weighted by Gasteiger charge is 2.10. The van der Waals surface area contributed by atoms with Crippen LogP contribution in [0.1, 0.15) is 12.8 Å². The fourth-order valence-electron chi connectivity index (χ4n) is 1.64. The molecule has 0 bridgehead atoms. The minimum atomic E-state index is 0.128. The van der Waals surface area contributed by atoms with Crippen molar-refractivity contribution in [1.29, 1.82) is 0 Å². The summed E-state index contributed by atoms with van der Waals surface area (Å²) in [6.45, 7) is 1.62. The van der Waals surface area contributed by atoms with Crippen LogP contribution in [0.2, 0.25) is 10.0 Å².